The number of carbonyl (C=O) groups excluding carboxylic acids is 1. The Labute approximate surface area is 124 Å². The predicted octanol–water partition coefficient (Wildman–Crippen LogP) is 3.76. The average Bonchev–Trinajstić information content (AvgIpc) is 2.72. The third-order valence-electron chi connectivity index (χ3n) is 3.06. The molecule has 1 unspecified atom stereocenters. The third kappa shape index (κ3) is 3.62. The molecule has 1 amide bonds. The first-order chi connectivity index (χ1) is 9.10. The van der Waals surface area contributed by atoms with E-state index < -0.39 is 0 Å². The summed E-state index contributed by atoms with van der Waals surface area (Å²) in [6.45, 7) is 1.57. The minimum absolute atomic E-state index is 0.101. The highest BCUT2D eigenvalue weighted by Crippen LogP contribution is 2.26. The molecule has 0 bridgehead atoms. The average molecular weight is 344 g/mol. The van der Waals surface area contributed by atoms with E-state index in [-0.39, 0.29) is 11.8 Å². The van der Waals surface area contributed by atoms with Crippen molar-refractivity contribution in [2.45, 2.75) is 13.0 Å². The van der Waals surface area contributed by atoms with Crippen molar-refractivity contribution in [3.63, 3.8) is 0 Å². The van der Waals surface area contributed by atoms with Gasteiger partial charge in [0.25, 0.3) is 0 Å². The standard InChI is InChI=1S/C12H12BrClN4O/c13-10-3-8(1-2-11(10)14)6-18-7-9(4-12(18)19)5-16-17-15/h1-3,9H,4-7H2. The van der Waals surface area contributed by atoms with E-state index in [1.54, 1.807) is 11.0 Å². The monoisotopic (exact) mass is 342 g/mol. The lowest BCUT2D eigenvalue weighted by Crippen LogP contribution is -2.24. The summed E-state index contributed by atoms with van der Waals surface area (Å²) in [4.78, 5) is 16.4. The Bertz CT molecular complexity index is 545. The first kappa shape index (κ1) is 14.2. The number of hydrogen-bond acceptors (Lipinski definition) is 2. The van der Waals surface area contributed by atoms with Crippen LogP contribution in [0.2, 0.25) is 5.02 Å². The van der Waals surface area contributed by atoms with Gasteiger partial charge in [-0.05, 0) is 45.1 Å². The van der Waals surface area contributed by atoms with Crippen LogP contribution in [0.4, 0.5) is 0 Å². The van der Waals surface area contributed by atoms with Gasteiger partial charge in [0.1, 0.15) is 0 Å². The summed E-state index contributed by atoms with van der Waals surface area (Å²) in [5.74, 6) is 0.225. The maximum Gasteiger partial charge on any atom is 0.223 e. The van der Waals surface area contributed by atoms with E-state index in [4.69, 9.17) is 17.1 Å². The molecular formula is C12H12BrClN4O. The summed E-state index contributed by atoms with van der Waals surface area (Å²) in [7, 11) is 0. The molecule has 1 aliphatic heterocycles. The lowest BCUT2D eigenvalue weighted by molar-refractivity contribution is -0.128. The molecule has 1 aromatic rings. The molecule has 0 aliphatic carbocycles. The molecular weight excluding hydrogens is 332 g/mol. The van der Waals surface area contributed by atoms with Crippen LogP contribution in [0.15, 0.2) is 27.8 Å². The van der Waals surface area contributed by atoms with Gasteiger partial charge in [-0.2, -0.15) is 0 Å². The van der Waals surface area contributed by atoms with Gasteiger partial charge in [-0.25, -0.2) is 0 Å². The van der Waals surface area contributed by atoms with E-state index in [2.05, 4.69) is 26.0 Å². The summed E-state index contributed by atoms with van der Waals surface area (Å²) in [5.41, 5.74) is 9.31. The molecule has 0 saturated carbocycles. The fourth-order valence-electron chi connectivity index (χ4n) is 2.14. The van der Waals surface area contributed by atoms with Crippen LogP contribution in [0.1, 0.15) is 12.0 Å². The Morgan fingerprint density at radius 2 is 2.37 bits per heavy atom. The Morgan fingerprint density at radius 1 is 1.58 bits per heavy atom. The number of benzene rings is 1. The Balaban J connectivity index is 2.01. The largest absolute Gasteiger partial charge is 0.338 e. The number of halogens is 2. The molecule has 19 heavy (non-hydrogen) atoms. The molecule has 0 N–H and O–H groups in total. The fraction of sp³-hybridized carbons (Fsp3) is 0.417. The van der Waals surface area contributed by atoms with Crippen molar-refractivity contribution in [3.05, 3.63) is 43.7 Å². The highest BCUT2D eigenvalue weighted by Gasteiger charge is 2.28. The molecule has 7 heteroatoms. The first-order valence-corrected chi connectivity index (χ1v) is 7.00. The SMILES string of the molecule is [N-]=[N+]=NCC1CC(=O)N(Cc2ccc(Cl)c(Br)c2)C1. The topological polar surface area (TPSA) is 69.1 Å². The van der Waals surface area contributed by atoms with E-state index in [0.717, 1.165) is 10.0 Å². The van der Waals surface area contributed by atoms with E-state index in [0.29, 0.717) is 31.1 Å². The highest BCUT2D eigenvalue weighted by molar-refractivity contribution is 9.10. The summed E-state index contributed by atoms with van der Waals surface area (Å²) < 4.78 is 0.823. The molecule has 1 aliphatic rings. The van der Waals surface area contributed by atoms with Crippen molar-refractivity contribution < 1.29 is 4.79 Å². The lowest BCUT2D eigenvalue weighted by atomic mass is 10.1. The zero-order valence-corrected chi connectivity index (χ0v) is 12.4. The molecule has 1 heterocycles. The van der Waals surface area contributed by atoms with Crippen molar-refractivity contribution in [2.75, 3.05) is 13.1 Å². The third-order valence-corrected chi connectivity index (χ3v) is 4.27. The number of nitrogens with zero attached hydrogens (tertiary/aromatic N) is 4. The van der Waals surface area contributed by atoms with Crippen LogP contribution in [0, 0.1) is 5.92 Å². The van der Waals surface area contributed by atoms with Gasteiger partial charge >= 0.3 is 0 Å². The van der Waals surface area contributed by atoms with Crippen molar-refractivity contribution in [1.29, 1.82) is 0 Å². The number of hydrogen-bond donors (Lipinski definition) is 0. The minimum Gasteiger partial charge on any atom is -0.338 e. The summed E-state index contributed by atoms with van der Waals surface area (Å²) in [5, 5.41) is 4.18. The van der Waals surface area contributed by atoms with Gasteiger partial charge in [0.15, 0.2) is 0 Å². The molecule has 1 atom stereocenters. The Morgan fingerprint density at radius 3 is 3.05 bits per heavy atom. The second kappa shape index (κ2) is 6.28. The molecule has 0 radical (unpaired) electrons. The molecule has 100 valence electrons. The molecule has 0 spiro atoms. The number of carbonyl (C=O) groups is 1. The van der Waals surface area contributed by atoms with Gasteiger partial charge in [0.05, 0.1) is 5.02 Å². The van der Waals surface area contributed by atoms with E-state index >= 15 is 0 Å². The van der Waals surface area contributed by atoms with Gasteiger partial charge in [0.2, 0.25) is 5.91 Å². The second-order valence-electron chi connectivity index (χ2n) is 4.51. The van der Waals surface area contributed by atoms with Crippen LogP contribution >= 0.6 is 27.5 Å². The zero-order valence-electron chi connectivity index (χ0n) is 10.1. The van der Waals surface area contributed by atoms with Crippen molar-refractivity contribution >= 4 is 33.4 Å². The Kier molecular flexibility index (Phi) is 4.69. The maximum absolute atomic E-state index is 11.9. The molecule has 1 fully saturated rings. The van der Waals surface area contributed by atoms with Gasteiger partial charge in [-0.1, -0.05) is 22.8 Å². The normalized spacial score (nSPS) is 18.5. The zero-order chi connectivity index (χ0) is 13.8. The van der Waals surface area contributed by atoms with E-state index in [1.165, 1.54) is 0 Å². The van der Waals surface area contributed by atoms with Gasteiger partial charge in [-0.3, -0.25) is 4.79 Å². The minimum atomic E-state index is 0.101. The Hall–Kier alpha value is -1.23. The molecule has 1 saturated heterocycles. The molecule has 5 nitrogen and oxygen atoms in total. The molecule has 2 rings (SSSR count). The van der Waals surface area contributed by atoms with Gasteiger partial charge < -0.3 is 4.90 Å². The van der Waals surface area contributed by atoms with E-state index in [9.17, 15) is 4.79 Å². The van der Waals surface area contributed by atoms with Crippen LogP contribution < -0.4 is 0 Å². The quantitative estimate of drug-likeness (QED) is 0.466. The van der Waals surface area contributed by atoms with Crippen molar-refractivity contribution in [2.24, 2.45) is 11.0 Å². The predicted molar refractivity (Wildman–Crippen MR) is 76.7 cm³/mol. The van der Waals surface area contributed by atoms with E-state index in [1.807, 2.05) is 12.1 Å². The van der Waals surface area contributed by atoms with Crippen LogP contribution in [0.5, 0.6) is 0 Å². The summed E-state index contributed by atoms with van der Waals surface area (Å²) >= 11 is 9.30. The second-order valence-corrected chi connectivity index (χ2v) is 5.77. The van der Waals surface area contributed by atoms with Crippen LogP contribution in [-0.2, 0) is 11.3 Å². The molecule has 0 aromatic heterocycles. The lowest BCUT2D eigenvalue weighted by Gasteiger charge is -2.16. The van der Waals surface area contributed by atoms with Crippen LogP contribution in [-0.4, -0.2) is 23.9 Å². The molecule has 1 aromatic carbocycles. The van der Waals surface area contributed by atoms with Crippen LogP contribution in [0.3, 0.4) is 0 Å². The van der Waals surface area contributed by atoms with Gasteiger partial charge in [0, 0.05) is 35.4 Å². The number of rotatable bonds is 4. The van der Waals surface area contributed by atoms with Crippen LogP contribution in [0.25, 0.3) is 10.4 Å². The highest BCUT2D eigenvalue weighted by atomic mass is 79.9. The number of likely N-dealkylation sites (tertiary alicyclic amines) is 1. The smallest absolute Gasteiger partial charge is 0.223 e. The summed E-state index contributed by atoms with van der Waals surface area (Å²) in [6, 6.07) is 5.62. The maximum atomic E-state index is 11.9. The number of azide groups is 1. The van der Waals surface area contributed by atoms with Crippen molar-refractivity contribution in [1.82, 2.24) is 4.90 Å². The fourth-order valence-corrected chi connectivity index (χ4v) is 2.68. The summed E-state index contributed by atoms with van der Waals surface area (Å²) in [6.07, 6.45) is 0.452. The van der Waals surface area contributed by atoms with Gasteiger partial charge in [-0.15, -0.1) is 0 Å². The number of amides is 1. The van der Waals surface area contributed by atoms with Crippen molar-refractivity contribution in [3.8, 4) is 0 Å². The first-order valence-electron chi connectivity index (χ1n) is 5.82.